The van der Waals surface area contributed by atoms with Gasteiger partial charge in [-0.3, -0.25) is 0 Å². The summed E-state index contributed by atoms with van der Waals surface area (Å²) in [5, 5.41) is 4.51. The summed E-state index contributed by atoms with van der Waals surface area (Å²) in [5.41, 5.74) is 2.58. The Hall–Kier alpha value is -2.10. The maximum Gasteiger partial charge on any atom is 0.196 e. The van der Waals surface area contributed by atoms with Gasteiger partial charge in [0.05, 0.1) is 0 Å². The van der Waals surface area contributed by atoms with E-state index < -0.39 is 0 Å². The minimum Gasteiger partial charge on any atom is -0.450 e. The van der Waals surface area contributed by atoms with Crippen molar-refractivity contribution in [2.24, 2.45) is 0 Å². The Bertz CT molecular complexity index is 759. The van der Waals surface area contributed by atoms with Gasteiger partial charge in [-0.15, -0.1) is 0 Å². The van der Waals surface area contributed by atoms with Crippen molar-refractivity contribution < 1.29 is 4.42 Å². The van der Waals surface area contributed by atoms with Gasteiger partial charge in [0.15, 0.2) is 11.4 Å². The lowest BCUT2D eigenvalue weighted by molar-refractivity contribution is 0.665. The topological polar surface area (TPSA) is 51.0 Å². The van der Waals surface area contributed by atoms with Crippen LogP contribution in [0.3, 0.4) is 0 Å². The summed E-state index contributed by atoms with van der Waals surface area (Å²) in [5.74, 6) is 1.71. The van der Waals surface area contributed by atoms with Crippen molar-refractivity contribution in [1.82, 2.24) is 9.97 Å². The average molecular weight is 253 g/mol. The second-order valence-electron chi connectivity index (χ2n) is 5.04. The molecule has 1 fully saturated rings. The number of benzene rings is 1. The first-order valence-corrected chi connectivity index (χ1v) is 6.80. The van der Waals surface area contributed by atoms with E-state index >= 15 is 0 Å². The van der Waals surface area contributed by atoms with Crippen molar-refractivity contribution in [3.63, 3.8) is 0 Å². The highest BCUT2D eigenvalue weighted by molar-refractivity contribution is 6.05. The van der Waals surface area contributed by atoms with Gasteiger partial charge >= 0.3 is 0 Å². The Morgan fingerprint density at radius 3 is 2.89 bits per heavy atom. The number of aromatic nitrogens is 2. The zero-order chi connectivity index (χ0) is 12.8. The van der Waals surface area contributed by atoms with Crippen LogP contribution in [0.15, 0.2) is 28.7 Å². The predicted molar refractivity (Wildman–Crippen MR) is 75.3 cm³/mol. The Kier molecular flexibility index (Phi) is 2.24. The van der Waals surface area contributed by atoms with E-state index in [1.807, 2.05) is 18.2 Å². The van der Waals surface area contributed by atoms with Crippen LogP contribution in [-0.2, 0) is 6.42 Å². The lowest BCUT2D eigenvalue weighted by Crippen LogP contribution is -2.06. The van der Waals surface area contributed by atoms with E-state index in [2.05, 4.69) is 28.3 Å². The Labute approximate surface area is 110 Å². The summed E-state index contributed by atoms with van der Waals surface area (Å²) < 4.78 is 5.92. The molecule has 0 amide bonds. The SMILES string of the molecule is CCc1nc(NC2CC2)c2oc3ccccc3c2n1. The van der Waals surface area contributed by atoms with Crippen molar-refractivity contribution in [3.05, 3.63) is 30.1 Å². The number of aryl methyl sites for hydroxylation is 1. The van der Waals surface area contributed by atoms with Gasteiger partial charge in [0.1, 0.15) is 16.9 Å². The first-order valence-electron chi connectivity index (χ1n) is 6.80. The van der Waals surface area contributed by atoms with Crippen molar-refractivity contribution in [2.45, 2.75) is 32.2 Å². The van der Waals surface area contributed by atoms with Gasteiger partial charge in [-0.2, -0.15) is 0 Å². The number of hydrogen-bond donors (Lipinski definition) is 1. The third-order valence-corrected chi connectivity index (χ3v) is 3.50. The number of furan rings is 1. The maximum absolute atomic E-state index is 5.92. The quantitative estimate of drug-likeness (QED) is 0.776. The molecule has 1 saturated carbocycles. The van der Waals surface area contributed by atoms with E-state index in [4.69, 9.17) is 4.42 Å². The van der Waals surface area contributed by atoms with E-state index in [1.54, 1.807) is 0 Å². The van der Waals surface area contributed by atoms with E-state index in [9.17, 15) is 0 Å². The van der Waals surface area contributed by atoms with Crippen molar-refractivity contribution in [3.8, 4) is 0 Å². The van der Waals surface area contributed by atoms with Crippen LogP contribution in [0.25, 0.3) is 22.1 Å². The van der Waals surface area contributed by atoms with Crippen LogP contribution in [0.5, 0.6) is 0 Å². The molecule has 1 aliphatic carbocycles. The van der Waals surface area contributed by atoms with Crippen LogP contribution in [0, 0.1) is 0 Å². The molecule has 0 radical (unpaired) electrons. The van der Waals surface area contributed by atoms with Gasteiger partial charge in [-0.05, 0) is 25.0 Å². The summed E-state index contributed by atoms with van der Waals surface area (Å²) in [6.07, 6.45) is 3.26. The molecular formula is C15H15N3O. The Morgan fingerprint density at radius 2 is 2.11 bits per heavy atom. The van der Waals surface area contributed by atoms with Gasteiger partial charge in [-0.25, -0.2) is 9.97 Å². The summed E-state index contributed by atoms with van der Waals surface area (Å²) in [6.45, 7) is 2.07. The zero-order valence-electron chi connectivity index (χ0n) is 10.8. The second kappa shape index (κ2) is 3.95. The molecule has 2 heterocycles. The first kappa shape index (κ1) is 10.8. The van der Waals surface area contributed by atoms with Crippen LogP contribution in [0.2, 0.25) is 0 Å². The van der Waals surface area contributed by atoms with E-state index in [0.717, 1.165) is 40.1 Å². The monoisotopic (exact) mass is 253 g/mol. The second-order valence-corrected chi connectivity index (χ2v) is 5.04. The van der Waals surface area contributed by atoms with Crippen molar-refractivity contribution >= 4 is 27.9 Å². The fourth-order valence-corrected chi connectivity index (χ4v) is 2.31. The molecule has 1 N–H and O–H groups in total. The summed E-state index contributed by atoms with van der Waals surface area (Å²) in [4.78, 5) is 9.20. The number of para-hydroxylation sites is 1. The van der Waals surface area contributed by atoms with Gasteiger partial charge in [0, 0.05) is 17.8 Å². The van der Waals surface area contributed by atoms with E-state index in [0.29, 0.717) is 6.04 Å². The number of nitrogens with one attached hydrogen (secondary N) is 1. The first-order chi connectivity index (χ1) is 9.35. The van der Waals surface area contributed by atoms with Crippen molar-refractivity contribution in [2.75, 3.05) is 5.32 Å². The van der Waals surface area contributed by atoms with E-state index in [1.165, 1.54) is 12.8 Å². The molecule has 0 aliphatic heterocycles. The van der Waals surface area contributed by atoms with Crippen LogP contribution >= 0.6 is 0 Å². The highest BCUT2D eigenvalue weighted by Gasteiger charge is 2.24. The molecule has 0 saturated heterocycles. The normalized spacial score (nSPS) is 15.2. The molecule has 3 aromatic rings. The molecule has 4 nitrogen and oxygen atoms in total. The summed E-state index contributed by atoms with van der Waals surface area (Å²) in [7, 11) is 0. The number of rotatable bonds is 3. The van der Waals surface area contributed by atoms with E-state index in [-0.39, 0.29) is 0 Å². The summed E-state index contributed by atoms with van der Waals surface area (Å²) >= 11 is 0. The molecule has 1 aromatic carbocycles. The number of fused-ring (bicyclic) bond motifs is 3. The fourth-order valence-electron chi connectivity index (χ4n) is 2.31. The molecule has 0 atom stereocenters. The molecule has 4 rings (SSSR count). The largest absolute Gasteiger partial charge is 0.450 e. The molecule has 2 aromatic heterocycles. The van der Waals surface area contributed by atoms with Crippen LogP contribution in [-0.4, -0.2) is 16.0 Å². The number of anilines is 1. The molecule has 96 valence electrons. The van der Waals surface area contributed by atoms with Crippen LogP contribution in [0.1, 0.15) is 25.6 Å². The molecule has 0 bridgehead atoms. The van der Waals surface area contributed by atoms with Gasteiger partial charge < -0.3 is 9.73 Å². The van der Waals surface area contributed by atoms with Gasteiger partial charge in [0.2, 0.25) is 0 Å². The fraction of sp³-hybridized carbons (Fsp3) is 0.333. The van der Waals surface area contributed by atoms with Gasteiger partial charge in [0.25, 0.3) is 0 Å². The minimum atomic E-state index is 0.552. The number of nitrogens with zero attached hydrogens (tertiary/aromatic N) is 2. The van der Waals surface area contributed by atoms with Crippen LogP contribution < -0.4 is 5.32 Å². The minimum absolute atomic E-state index is 0.552. The third-order valence-electron chi connectivity index (χ3n) is 3.50. The zero-order valence-corrected chi connectivity index (χ0v) is 10.8. The standard InChI is InChI=1S/C15H15N3O/c1-2-12-17-13-10-5-3-4-6-11(10)19-14(13)15(18-12)16-9-7-8-9/h3-6,9H,2,7-8H2,1H3,(H,16,17,18). The van der Waals surface area contributed by atoms with Crippen LogP contribution in [0.4, 0.5) is 5.82 Å². The third kappa shape index (κ3) is 1.75. The highest BCUT2D eigenvalue weighted by atomic mass is 16.3. The molecule has 19 heavy (non-hydrogen) atoms. The lowest BCUT2D eigenvalue weighted by atomic mass is 10.2. The average Bonchev–Trinajstić information content (AvgIpc) is 3.17. The molecule has 4 heteroatoms. The molecule has 0 spiro atoms. The smallest absolute Gasteiger partial charge is 0.196 e. The number of hydrogen-bond acceptors (Lipinski definition) is 4. The molecule has 0 unspecified atom stereocenters. The van der Waals surface area contributed by atoms with Crippen molar-refractivity contribution in [1.29, 1.82) is 0 Å². The predicted octanol–water partition coefficient (Wildman–Crippen LogP) is 3.51. The molecular weight excluding hydrogens is 238 g/mol. The summed E-state index contributed by atoms with van der Waals surface area (Å²) in [6, 6.07) is 8.57. The maximum atomic E-state index is 5.92. The molecule has 1 aliphatic rings. The lowest BCUT2D eigenvalue weighted by Gasteiger charge is -2.05. The highest BCUT2D eigenvalue weighted by Crippen LogP contribution is 2.33. The Balaban J connectivity index is 2.02. The van der Waals surface area contributed by atoms with Gasteiger partial charge in [-0.1, -0.05) is 19.1 Å². The Morgan fingerprint density at radius 1 is 1.26 bits per heavy atom.